The molecule has 0 bridgehead atoms. The molecule has 2 N–H and O–H groups in total. The lowest BCUT2D eigenvalue weighted by Crippen LogP contribution is -2.11. The van der Waals surface area contributed by atoms with E-state index in [2.05, 4.69) is 0 Å². The second-order valence-electron chi connectivity index (χ2n) is 4.08. The molecule has 3 nitrogen and oxygen atoms in total. The lowest BCUT2D eigenvalue weighted by atomic mass is 10.2. The molecule has 0 saturated heterocycles. The monoisotopic (exact) mass is 295 g/mol. The molecule has 2 aromatic carbocycles. The van der Waals surface area contributed by atoms with Crippen LogP contribution in [0.25, 0.3) is 0 Å². The third-order valence-corrected chi connectivity index (χ3v) is 2.98. The van der Waals surface area contributed by atoms with Gasteiger partial charge in [-0.15, -0.1) is 0 Å². The highest BCUT2D eigenvalue weighted by molar-refractivity contribution is 6.32. The zero-order valence-corrected chi connectivity index (χ0v) is 11.6. The second kappa shape index (κ2) is 7.12. The molecule has 0 spiro atoms. The largest absolute Gasteiger partial charge is 0.490 e. The lowest BCUT2D eigenvalue weighted by molar-refractivity contribution is 0.216. The molecule has 0 aromatic heterocycles. The number of hydrogen-bond acceptors (Lipinski definition) is 3. The van der Waals surface area contributed by atoms with Crippen LogP contribution < -0.4 is 15.2 Å². The smallest absolute Gasteiger partial charge is 0.138 e. The summed E-state index contributed by atoms with van der Waals surface area (Å²) in [5.41, 5.74) is 6.55. The number of ether oxygens (including phenoxy) is 2. The van der Waals surface area contributed by atoms with Gasteiger partial charge in [-0.05, 0) is 24.3 Å². The maximum absolute atomic E-state index is 12.9. The molecule has 0 amide bonds. The molecule has 0 aliphatic heterocycles. The summed E-state index contributed by atoms with van der Waals surface area (Å²) < 4.78 is 23.9. The molecule has 106 valence electrons. The summed E-state index contributed by atoms with van der Waals surface area (Å²) in [6.07, 6.45) is 0. The minimum Gasteiger partial charge on any atom is -0.490 e. The van der Waals surface area contributed by atoms with Crippen LogP contribution in [0.2, 0.25) is 5.02 Å². The summed E-state index contributed by atoms with van der Waals surface area (Å²) in [5.74, 6) is 0.781. The Bertz CT molecular complexity index is 578. The fourth-order valence-corrected chi connectivity index (χ4v) is 1.93. The number of para-hydroxylation sites is 1. The van der Waals surface area contributed by atoms with Crippen molar-refractivity contribution in [2.45, 2.75) is 6.54 Å². The first-order chi connectivity index (χ1) is 9.70. The van der Waals surface area contributed by atoms with Gasteiger partial charge in [0, 0.05) is 12.1 Å². The maximum Gasteiger partial charge on any atom is 0.138 e. The van der Waals surface area contributed by atoms with Crippen molar-refractivity contribution in [3.05, 3.63) is 58.9 Å². The van der Waals surface area contributed by atoms with Crippen molar-refractivity contribution >= 4 is 11.6 Å². The SMILES string of the molecule is NCc1ccccc1OCCOc1ccc(F)cc1Cl. The standard InChI is InChI=1S/C15H15ClFNO2/c16-13-9-12(17)5-6-15(13)20-8-7-19-14-4-2-1-3-11(14)10-18/h1-6,9H,7-8,10,18H2. The Morgan fingerprint density at radius 1 is 1.00 bits per heavy atom. The Morgan fingerprint density at radius 2 is 1.70 bits per heavy atom. The summed E-state index contributed by atoms with van der Waals surface area (Å²) in [6, 6.07) is 11.6. The number of nitrogens with two attached hydrogens (primary N) is 1. The number of rotatable bonds is 6. The van der Waals surface area contributed by atoms with Gasteiger partial charge in [0.05, 0.1) is 5.02 Å². The number of halogens is 2. The first kappa shape index (κ1) is 14.6. The van der Waals surface area contributed by atoms with E-state index in [1.54, 1.807) is 0 Å². The van der Waals surface area contributed by atoms with Crippen LogP contribution in [0, 0.1) is 5.82 Å². The lowest BCUT2D eigenvalue weighted by Gasteiger charge is -2.11. The molecule has 0 aliphatic rings. The predicted octanol–water partition coefficient (Wildman–Crippen LogP) is 3.40. The molecule has 0 heterocycles. The van der Waals surface area contributed by atoms with Crippen LogP contribution in [0.4, 0.5) is 4.39 Å². The quantitative estimate of drug-likeness (QED) is 0.831. The third-order valence-electron chi connectivity index (χ3n) is 2.68. The van der Waals surface area contributed by atoms with Crippen LogP contribution in [-0.4, -0.2) is 13.2 Å². The van der Waals surface area contributed by atoms with E-state index in [0.717, 1.165) is 11.3 Å². The Hall–Kier alpha value is -1.78. The van der Waals surface area contributed by atoms with E-state index in [4.69, 9.17) is 26.8 Å². The zero-order valence-electron chi connectivity index (χ0n) is 10.8. The molecule has 2 rings (SSSR count). The van der Waals surface area contributed by atoms with Crippen LogP contribution in [-0.2, 0) is 6.54 Å². The average molecular weight is 296 g/mol. The molecule has 0 saturated carbocycles. The minimum absolute atomic E-state index is 0.243. The summed E-state index contributed by atoms with van der Waals surface area (Å²) in [5, 5.41) is 0.243. The van der Waals surface area contributed by atoms with Gasteiger partial charge >= 0.3 is 0 Å². The van der Waals surface area contributed by atoms with Gasteiger partial charge in [0.1, 0.15) is 30.5 Å². The molecular formula is C15H15ClFNO2. The summed E-state index contributed by atoms with van der Waals surface area (Å²) in [7, 11) is 0. The van der Waals surface area contributed by atoms with Crippen LogP contribution in [0.15, 0.2) is 42.5 Å². The van der Waals surface area contributed by atoms with Gasteiger partial charge in [-0.25, -0.2) is 4.39 Å². The van der Waals surface area contributed by atoms with E-state index >= 15 is 0 Å². The average Bonchev–Trinajstić information content (AvgIpc) is 2.46. The molecule has 2 aromatic rings. The Labute approximate surface area is 122 Å². The van der Waals surface area contributed by atoms with Gasteiger partial charge in [0.15, 0.2) is 0 Å². The molecule has 20 heavy (non-hydrogen) atoms. The van der Waals surface area contributed by atoms with Crippen molar-refractivity contribution in [1.29, 1.82) is 0 Å². The molecule has 5 heteroatoms. The van der Waals surface area contributed by atoms with Gasteiger partial charge in [0.25, 0.3) is 0 Å². The first-order valence-electron chi connectivity index (χ1n) is 6.19. The highest BCUT2D eigenvalue weighted by atomic mass is 35.5. The van der Waals surface area contributed by atoms with E-state index in [0.29, 0.717) is 25.5 Å². The third kappa shape index (κ3) is 3.85. The Morgan fingerprint density at radius 3 is 2.40 bits per heavy atom. The number of benzene rings is 2. The summed E-state index contributed by atoms with van der Waals surface area (Å²) >= 11 is 5.85. The van der Waals surface area contributed by atoms with Crippen molar-refractivity contribution in [2.75, 3.05) is 13.2 Å². The molecule has 0 atom stereocenters. The summed E-state index contributed by atoms with van der Waals surface area (Å²) in [6.45, 7) is 1.08. The van der Waals surface area contributed by atoms with Crippen LogP contribution in [0.1, 0.15) is 5.56 Å². The van der Waals surface area contributed by atoms with Crippen LogP contribution in [0.3, 0.4) is 0 Å². The van der Waals surface area contributed by atoms with Gasteiger partial charge in [-0.3, -0.25) is 0 Å². The minimum atomic E-state index is -0.393. The topological polar surface area (TPSA) is 44.5 Å². The first-order valence-corrected chi connectivity index (χ1v) is 6.57. The van der Waals surface area contributed by atoms with E-state index in [9.17, 15) is 4.39 Å². The Kier molecular flexibility index (Phi) is 5.21. The highest BCUT2D eigenvalue weighted by Crippen LogP contribution is 2.24. The predicted molar refractivity (Wildman–Crippen MR) is 76.7 cm³/mol. The van der Waals surface area contributed by atoms with E-state index < -0.39 is 5.82 Å². The Balaban J connectivity index is 1.84. The number of hydrogen-bond donors (Lipinski definition) is 1. The van der Waals surface area contributed by atoms with E-state index in [1.165, 1.54) is 18.2 Å². The van der Waals surface area contributed by atoms with Crippen molar-refractivity contribution in [1.82, 2.24) is 0 Å². The van der Waals surface area contributed by atoms with Crippen LogP contribution >= 0.6 is 11.6 Å². The van der Waals surface area contributed by atoms with Gasteiger partial charge in [-0.2, -0.15) is 0 Å². The van der Waals surface area contributed by atoms with Crippen molar-refractivity contribution < 1.29 is 13.9 Å². The fourth-order valence-electron chi connectivity index (χ4n) is 1.71. The van der Waals surface area contributed by atoms with Gasteiger partial charge in [-0.1, -0.05) is 29.8 Å². The molecular weight excluding hydrogens is 281 g/mol. The second-order valence-corrected chi connectivity index (χ2v) is 4.49. The van der Waals surface area contributed by atoms with E-state index in [1.807, 2.05) is 24.3 Å². The molecule has 0 unspecified atom stereocenters. The van der Waals surface area contributed by atoms with E-state index in [-0.39, 0.29) is 5.02 Å². The highest BCUT2D eigenvalue weighted by Gasteiger charge is 2.04. The van der Waals surface area contributed by atoms with Gasteiger partial charge in [0.2, 0.25) is 0 Å². The van der Waals surface area contributed by atoms with Crippen molar-refractivity contribution in [3.8, 4) is 11.5 Å². The summed E-state index contributed by atoms with van der Waals surface area (Å²) in [4.78, 5) is 0. The normalized spacial score (nSPS) is 10.3. The maximum atomic E-state index is 12.9. The van der Waals surface area contributed by atoms with Crippen molar-refractivity contribution in [2.24, 2.45) is 5.73 Å². The fraction of sp³-hybridized carbons (Fsp3) is 0.200. The molecule has 0 radical (unpaired) electrons. The van der Waals surface area contributed by atoms with Crippen LogP contribution in [0.5, 0.6) is 11.5 Å². The molecule has 0 fully saturated rings. The van der Waals surface area contributed by atoms with Crippen molar-refractivity contribution in [3.63, 3.8) is 0 Å². The van der Waals surface area contributed by atoms with Gasteiger partial charge < -0.3 is 15.2 Å². The molecule has 0 aliphatic carbocycles. The zero-order chi connectivity index (χ0) is 14.4.